The van der Waals surface area contributed by atoms with Gasteiger partial charge < -0.3 is 4.74 Å². The summed E-state index contributed by atoms with van der Waals surface area (Å²) in [4.78, 5) is 12.2. The van der Waals surface area contributed by atoms with Crippen LogP contribution in [-0.4, -0.2) is 44.8 Å². The first-order chi connectivity index (χ1) is 11.5. The van der Waals surface area contributed by atoms with E-state index in [1.54, 1.807) is 31.3 Å². The molecule has 0 N–H and O–H groups in total. The molecule has 1 aliphatic carbocycles. The number of benzene rings is 1. The molecule has 3 rings (SSSR count). The smallest absolute Gasteiger partial charge is 0.242 e. The van der Waals surface area contributed by atoms with E-state index in [4.69, 9.17) is 4.74 Å². The summed E-state index contributed by atoms with van der Waals surface area (Å²) in [6.07, 6.45) is 6.03. The largest absolute Gasteiger partial charge is 0.378 e. The van der Waals surface area contributed by atoms with Crippen molar-refractivity contribution in [2.24, 2.45) is 5.92 Å². The SMILES string of the molecule is CN(CCC1CCCCO1)S(=O)(=O)c1ccc(C(=O)C2CC2)cc1. The van der Waals surface area contributed by atoms with E-state index >= 15 is 0 Å². The van der Waals surface area contributed by atoms with Crippen LogP contribution in [0, 0.1) is 5.92 Å². The zero-order valence-electron chi connectivity index (χ0n) is 14.1. The Kier molecular flexibility index (Phi) is 5.37. The normalized spacial score (nSPS) is 21.8. The van der Waals surface area contributed by atoms with Crippen LogP contribution in [-0.2, 0) is 14.8 Å². The summed E-state index contributed by atoms with van der Waals surface area (Å²) < 4.78 is 32.3. The highest BCUT2D eigenvalue weighted by Gasteiger charge is 2.30. The molecule has 0 aromatic heterocycles. The van der Waals surface area contributed by atoms with Crippen LogP contribution in [0.5, 0.6) is 0 Å². The Hall–Kier alpha value is -1.24. The van der Waals surface area contributed by atoms with Crippen LogP contribution >= 0.6 is 0 Å². The van der Waals surface area contributed by atoms with Gasteiger partial charge in [-0.3, -0.25) is 4.79 Å². The molecule has 1 aromatic rings. The Morgan fingerprint density at radius 2 is 1.88 bits per heavy atom. The van der Waals surface area contributed by atoms with Crippen molar-refractivity contribution in [1.82, 2.24) is 4.31 Å². The van der Waals surface area contributed by atoms with Crippen LogP contribution in [0.25, 0.3) is 0 Å². The lowest BCUT2D eigenvalue weighted by Crippen LogP contribution is -2.31. The Morgan fingerprint density at radius 3 is 2.46 bits per heavy atom. The van der Waals surface area contributed by atoms with Gasteiger partial charge in [-0.25, -0.2) is 12.7 Å². The van der Waals surface area contributed by atoms with Crippen molar-refractivity contribution in [2.75, 3.05) is 20.2 Å². The van der Waals surface area contributed by atoms with E-state index in [-0.39, 0.29) is 22.7 Å². The fourth-order valence-corrected chi connectivity index (χ4v) is 4.22. The number of rotatable bonds is 7. The van der Waals surface area contributed by atoms with Crippen molar-refractivity contribution in [3.05, 3.63) is 29.8 Å². The molecular weight excluding hydrogens is 326 g/mol. The van der Waals surface area contributed by atoms with Crippen LogP contribution in [0.15, 0.2) is 29.2 Å². The molecule has 6 heteroatoms. The molecule has 2 fully saturated rings. The molecule has 0 radical (unpaired) electrons. The summed E-state index contributed by atoms with van der Waals surface area (Å²) in [6.45, 7) is 1.22. The standard InChI is InChI=1S/C18H25NO4S/c1-19(12-11-16-4-2-3-13-23-16)24(21,22)17-9-7-15(8-10-17)18(20)14-5-6-14/h7-10,14,16H,2-6,11-13H2,1H3. The second kappa shape index (κ2) is 7.33. The Morgan fingerprint density at radius 1 is 1.17 bits per heavy atom. The third kappa shape index (κ3) is 4.05. The maximum absolute atomic E-state index is 12.6. The number of ketones is 1. The number of ether oxygens (including phenoxy) is 1. The van der Waals surface area contributed by atoms with Crippen molar-refractivity contribution < 1.29 is 17.9 Å². The van der Waals surface area contributed by atoms with Crippen molar-refractivity contribution in [1.29, 1.82) is 0 Å². The summed E-state index contributed by atoms with van der Waals surface area (Å²) in [6, 6.07) is 6.34. The summed E-state index contributed by atoms with van der Waals surface area (Å²) in [5.41, 5.74) is 0.606. The van der Waals surface area contributed by atoms with Crippen LogP contribution in [0.2, 0.25) is 0 Å². The van der Waals surface area contributed by atoms with Gasteiger partial charge >= 0.3 is 0 Å². The molecular formula is C18H25NO4S. The van der Waals surface area contributed by atoms with Gasteiger partial charge in [0.15, 0.2) is 5.78 Å². The maximum Gasteiger partial charge on any atom is 0.242 e. The summed E-state index contributed by atoms with van der Waals surface area (Å²) in [5.74, 6) is 0.271. The van der Waals surface area contributed by atoms with Crippen LogP contribution < -0.4 is 0 Å². The molecule has 0 amide bonds. The Labute approximate surface area is 144 Å². The lowest BCUT2D eigenvalue weighted by Gasteiger charge is -2.25. The van der Waals surface area contributed by atoms with Crippen LogP contribution in [0.3, 0.4) is 0 Å². The molecule has 1 heterocycles. The minimum atomic E-state index is -3.52. The molecule has 1 aliphatic heterocycles. The Bertz CT molecular complexity index is 673. The Balaban J connectivity index is 1.61. The van der Waals surface area contributed by atoms with E-state index in [0.29, 0.717) is 18.5 Å². The lowest BCUT2D eigenvalue weighted by atomic mass is 10.1. The number of carbonyl (C=O) groups is 1. The third-order valence-corrected chi connectivity index (χ3v) is 6.71. The van der Waals surface area contributed by atoms with Gasteiger partial charge in [-0.2, -0.15) is 0 Å². The van der Waals surface area contributed by atoms with Gasteiger partial charge in [0.2, 0.25) is 10.0 Å². The molecule has 5 nitrogen and oxygen atoms in total. The molecule has 1 unspecified atom stereocenters. The summed E-state index contributed by atoms with van der Waals surface area (Å²) in [5, 5.41) is 0. The lowest BCUT2D eigenvalue weighted by molar-refractivity contribution is 0.00950. The first kappa shape index (κ1) is 17.6. The zero-order valence-corrected chi connectivity index (χ0v) is 14.9. The molecule has 0 spiro atoms. The minimum absolute atomic E-state index is 0.127. The average Bonchev–Trinajstić information content (AvgIpc) is 3.45. The van der Waals surface area contributed by atoms with Gasteiger partial charge in [0.25, 0.3) is 0 Å². The number of carbonyl (C=O) groups excluding carboxylic acids is 1. The monoisotopic (exact) mass is 351 g/mol. The van der Waals surface area contributed by atoms with E-state index < -0.39 is 10.0 Å². The number of nitrogens with zero attached hydrogens (tertiary/aromatic N) is 1. The molecule has 1 aromatic carbocycles. The number of sulfonamides is 1. The van der Waals surface area contributed by atoms with E-state index in [1.807, 2.05) is 0 Å². The highest BCUT2D eigenvalue weighted by Crippen LogP contribution is 2.32. The molecule has 24 heavy (non-hydrogen) atoms. The van der Waals surface area contributed by atoms with Crippen LogP contribution in [0.4, 0.5) is 0 Å². The van der Waals surface area contributed by atoms with Gasteiger partial charge in [-0.1, -0.05) is 12.1 Å². The first-order valence-electron chi connectivity index (χ1n) is 8.71. The predicted octanol–water partition coefficient (Wildman–Crippen LogP) is 2.86. The summed E-state index contributed by atoms with van der Waals surface area (Å²) >= 11 is 0. The highest BCUT2D eigenvalue weighted by atomic mass is 32.2. The molecule has 1 saturated carbocycles. The van der Waals surface area contributed by atoms with Crippen molar-refractivity contribution in [2.45, 2.75) is 49.5 Å². The average molecular weight is 351 g/mol. The van der Waals surface area contributed by atoms with E-state index in [1.165, 1.54) is 4.31 Å². The van der Waals surface area contributed by atoms with Gasteiger partial charge in [0.1, 0.15) is 0 Å². The number of hydrogen-bond acceptors (Lipinski definition) is 4. The van der Waals surface area contributed by atoms with E-state index in [2.05, 4.69) is 0 Å². The molecule has 1 saturated heterocycles. The minimum Gasteiger partial charge on any atom is -0.378 e. The highest BCUT2D eigenvalue weighted by molar-refractivity contribution is 7.89. The second-order valence-corrected chi connectivity index (χ2v) is 8.81. The van der Waals surface area contributed by atoms with Crippen molar-refractivity contribution in [3.63, 3.8) is 0 Å². The second-order valence-electron chi connectivity index (χ2n) is 6.77. The molecule has 132 valence electrons. The molecule has 0 bridgehead atoms. The number of hydrogen-bond donors (Lipinski definition) is 0. The molecule has 2 aliphatic rings. The topological polar surface area (TPSA) is 63.7 Å². The van der Waals surface area contributed by atoms with Gasteiger partial charge in [0.05, 0.1) is 11.0 Å². The first-order valence-corrected chi connectivity index (χ1v) is 10.1. The quantitative estimate of drug-likeness (QED) is 0.709. The van der Waals surface area contributed by atoms with Crippen LogP contribution in [0.1, 0.15) is 48.9 Å². The van der Waals surface area contributed by atoms with E-state index in [0.717, 1.165) is 38.7 Å². The summed E-state index contributed by atoms with van der Waals surface area (Å²) in [7, 11) is -1.92. The van der Waals surface area contributed by atoms with E-state index in [9.17, 15) is 13.2 Å². The van der Waals surface area contributed by atoms with Gasteiger partial charge in [0, 0.05) is 31.7 Å². The van der Waals surface area contributed by atoms with Crippen molar-refractivity contribution >= 4 is 15.8 Å². The zero-order chi connectivity index (χ0) is 17.2. The maximum atomic E-state index is 12.6. The van der Waals surface area contributed by atoms with Gasteiger partial charge in [-0.05, 0) is 50.7 Å². The molecule has 1 atom stereocenters. The fraction of sp³-hybridized carbons (Fsp3) is 0.611. The van der Waals surface area contributed by atoms with Crippen molar-refractivity contribution in [3.8, 4) is 0 Å². The fourth-order valence-electron chi connectivity index (χ4n) is 3.03. The predicted molar refractivity (Wildman–Crippen MR) is 91.5 cm³/mol. The van der Waals surface area contributed by atoms with Gasteiger partial charge in [-0.15, -0.1) is 0 Å². The third-order valence-electron chi connectivity index (χ3n) is 4.84. The number of Topliss-reactive ketones (excluding diaryl/α,β-unsaturated/α-hetero) is 1.